The minimum atomic E-state index is -3.52. The first-order valence-corrected chi connectivity index (χ1v) is 7.87. The predicted molar refractivity (Wildman–Crippen MR) is 77.8 cm³/mol. The molecule has 0 saturated heterocycles. The van der Waals surface area contributed by atoms with Crippen LogP contribution in [-0.2, 0) is 14.8 Å². The smallest absolute Gasteiger partial charge is 0.328 e. The van der Waals surface area contributed by atoms with E-state index in [-0.39, 0.29) is 4.90 Å². The van der Waals surface area contributed by atoms with E-state index in [0.717, 1.165) is 12.5 Å². The number of carbonyl (C=O) groups is 1. The van der Waals surface area contributed by atoms with Gasteiger partial charge in [0.25, 0.3) is 0 Å². The molecular formula is C14H19NO4S. The summed E-state index contributed by atoms with van der Waals surface area (Å²) in [6.45, 7) is 4.59. The van der Waals surface area contributed by atoms with Gasteiger partial charge in [-0.2, -0.15) is 4.31 Å². The van der Waals surface area contributed by atoms with E-state index in [9.17, 15) is 13.2 Å². The Balaban J connectivity index is 3.13. The maximum absolute atomic E-state index is 12.4. The third-order valence-electron chi connectivity index (χ3n) is 2.74. The van der Waals surface area contributed by atoms with Gasteiger partial charge in [0.05, 0.1) is 4.90 Å². The Bertz CT molecular complexity index is 593. The van der Waals surface area contributed by atoms with E-state index in [1.165, 1.54) is 22.5 Å². The monoisotopic (exact) mass is 297 g/mol. The molecule has 0 aromatic heterocycles. The molecule has 0 saturated carbocycles. The maximum atomic E-state index is 12.4. The standard InChI is InChI=1S/C14H19NO4S/c1-3-10-15(4-2)20(18,19)13-7-5-6-12(11-13)8-9-14(16)17/h5-9,11H,3-4,10H2,1-2H3,(H,16,17). The van der Waals surface area contributed by atoms with E-state index in [2.05, 4.69) is 0 Å². The molecule has 0 atom stereocenters. The Kier molecular flexibility index (Phi) is 5.91. The van der Waals surface area contributed by atoms with Crippen LogP contribution >= 0.6 is 0 Å². The summed E-state index contributed by atoms with van der Waals surface area (Å²) in [6.07, 6.45) is 3.10. The lowest BCUT2D eigenvalue weighted by Gasteiger charge is -2.19. The normalized spacial score (nSPS) is 12.2. The van der Waals surface area contributed by atoms with Crippen LogP contribution < -0.4 is 0 Å². The molecule has 0 heterocycles. The quantitative estimate of drug-likeness (QED) is 0.783. The zero-order chi connectivity index (χ0) is 15.2. The Morgan fingerprint density at radius 1 is 1.35 bits per heavy atom. The van der Waals surface area contributed by atoms with E-state index >= 15 is 0 Å². The van der Waals surface area contributed by atoms with Crippen molar-refractivity contribution in [2.24, 2.45) is 0 Å². The topological polar surface area (TPSA) is 74.7 Å². The van der Waals surface area contributed by atoms with Crippen molar-refractivity contribution in [3.63, 3.8) is 0 Å². The zero-order valence-electron chi connectivity index (χ0n) is 11.6. The fraction of sp³-hybridized carbons (Fsp3) is 0.357. The van der Waals surface area contributed by atoms with Crippen molar-refractivity contribution in [1.29, 1.82) is 0 Å². The predicted octanol–water partition coefficient (Wildman–Crippen LogP) is 2.21. The van der Waals surface area contributed by atoms with Crippen molar-refractivity contribution in [3.05, 3.63) is 35.9 Å². The van der Waals surface area contributed by atoms with Gasteiger partial charge in [-0.05, 0) is 30.2 Å². The molecule has 20 heavy (non-hydrogen) atoms. The van der Waals surface area contributed by atoms with E-state index < -0.39 is 16.0 Å². The Hall–Kier alpha value is -1.66. The molecule has 0 aliphatic carbocycles. The minimum Gasteiger partial charge on any atom is -0.478 e. The number of aliphatic carboxylic acids is 1. The van der Waals surface area contributed by atoms with Crippen LogP contribution in [0.2, 0.25) is 0 Å². The van der Waals surface area contributed by atoms with Gasteiger partial charge < -0.3 is 5.11 Å². The SMILES string of the molecule is CCCN(CC)S(=O)(=O)c1cccc(C=CC(=O)O)c1. The zero-order valence-corrected chi connectivity index (χ0v) is 12.4. The minimum absolute atomic E-state index is 0.181. The molecule has 0 aliphatic heterocycles. The lowest BCUT2D eigenvalue weighted by Crippen LogP contribution is -2.31. The molecule has 0 aliphatic rings. The van der Waals surface area contributed by atoms with Gasteiger partial charge in [0, 0.05) is 19.2 Å². The third kappa shape index (κ3) is 4.18. The fourth-order valence-electron chi connectivity index (χ4n) is 1.79. The van der Waals surface area contributed by atoms with E-state index in [1.807, 2.05) is 6.92 Å². The first-order chi connectivity index (χ1) is 9.41. The second-order valence-electron chi connectivity index (χ2n) is 4.24. The van der Waals surface area contributed by atoms with Crippen molar-refractivity contribution in [1.82, 2.24) is 4.31 Å². The number of hydrogen-bond acceptors (Lipinski definition) is 3. The largest absolute Gasteiger partial charge is 0.478 e. The van der Waals surface area contributed by atoms with E-state index in [0.29, 0.717) is 18.7 Å². The fourth-order valence-corrected chi connectivity index (χ4v) is 3.39. The highest BCUT2D eigenvalue weighted by atomic mass is 32.2. The van der Waals surface area contributed by atoms with Gasteiger partial charge in [0.1, 0.15) is 0 Å². The molecule has 1 rings (SSSR count). The summed E-state index contributed by atoms with van der Waals surface area (Å²) in [5.41, 5.74) is 0.543. The van der Waals surface area contributed by atoms with Crippen LogP contribution in [0.15, 0.2) is 35.2 Å². The van der Waals surface area contributed by atoms with Crippen molar-refractivity contribution in [3.8, 4) is 0 Å². The van der Waals surface area contributed by atoms with Gasteiger partial charge in [0.2, 0.25) is 10.0 Å². The molecule has 0 bridgehead atoms. The summed E-state index contributed by atoms with van der Waals surface area (Å²) in [5, 5.41) is 8.59. The number of benzene rings is 1. The van der Waals surface area contributed by atoms with Crippen molar-refractivity contribution in [2.45, 2.75) is 25.2 Å². The lowest BCUT2D eigenvalue weighted by molar-refractivity contribution is -0.131. The Labute approximate surface area is 119 Å². The molecule has 1 N–H and O–H groups in total. The molecule has 6 heteroatoms. The van der Waals surface area contributed by atoms with Gasteiger partial charge in [0.15, 0.2) is 0 Å². The average Bonchev–Trinajstić information content (AvgIpc) is 2.42. The molecule has 0 unspecified atom stereocenters. The first kappa shape index (κ1) is 16.4. The molecule has 0 amide bonds. The number of hydrogen-bond donors (Lipinski definition) is 1. The van der Waals surface area contributed by atoms with Crippen LogP contribution in [0, 0.1) is 0 Å². The van der Waals surface area contributed by atoms with Crippen molar-refractivity contribution < 1.29 is 18.3 Å². The van der Waals surface area contributed by atoms with Gasteiger partial charge in [-0.3, -0.25) is 0 Å². The Morgan fingerprint density at radius 3 is 2.60 bits per heavy atom. The summed E-state index contributed by atoms with van der Waals surface area (Å²) in [4.78, 5) is 10.7. The van der Waals surface area contributed by atoms with Crippen LogP contribution in [0.4, 0.5) is 0 Å². The van der Waals surface area contributed by atoms with Crippen molar-refractivity contribution >= 4 is 22.1 Å². The Morgan fingerprint density at radius 2 is 2.05 bits per heavy atom. The molecule has 0 fully saturated rings. The molecule has 5 nitrogen and oxygen atoms in total. The summed E-state index contributed by atoms with van der Waals surface area (Å²) in [6, 6.07) is 6.27. The highest BCUT2D eigenvalue weighted by molar-refractivity contribution is 7.89. The molecule has 0 radical (unpaired) electrons. The van der Waals surface area contributed by atoms with E-state index in [1.54, 1.807) is 19.1 Å². The first-order valence-electron chi connectivity index (χ1n) is 6.43. The molecule has 110 valence electrons. The summed E-state index contributed by atoms with van der Waals surface area (Å²) < 4.78 is 26.3. The highest BCUT2D eigenvalue weighted by Gasteiger charge is 2.22. The van der Waals surface area contributed by atoms with Crippen LogP contribution in [0.5, 0.6) is 0 Å². The van der Waals surface area contributed by atoms with Crippen LogP contribution in [0.3, 0.4) is 0 Å². The van der Waals surface area contributed by atoms with Crippen LogP contribution in [0.25, 0.3) is 6.08 Å². The van der Waals surface area contributed by atoms with Gasteiger partial charge in [-0.1, -0.05) is 26.0 Å². The number of carboxylic acid groups (broad SMARTS) is 1. The number of carboxylic acids is 1. The second-order valence-corrected chi connectivity index (χ2v) is 6.18. The molecular weight excluding hydrogens is 278 g/mol. The number of nitrogens with zero attached hydrogens (tertiary/aromatic N) is 1. The maximum Gasteiger partial charge on any atom is 0.328 e. The number of rotatable bonds is 7. The molecule has 1 aromatic carbocycles. The third-order valence-corrected chi connectivity index (χ3v) is 4.71. The van der Waals surface area contributed by atoms with Crippen LogP contribution in [0.1, 0.15) is 25.8 Å². The number of sulfonamides is 1. The lowest BCUT2D eigenvalue weighted by atomic mass is 10.2. The van der Waals surface area contributed by atoms with Crippen LogP contribution in [-0.4, -0.2) is 36.9 Å². The molecule has 0 spiro atoms. The van der Waals surface area contributed by atoms with Gasteiger partial charge >= 0.3 is 5.97 Å². The van der Waals surface area contributed by atoms with Gasteiger partial charge in [-0.25, -0.2) is 13.2 Å². The summed E-state index contributed by atoms with van der Waals surface area (Å²) in [5.74, 6) is -1.07. The highest BCUT2D eigenvalue weighted by Crippen LogP contribution is 2.18. The summed E-state index contributed by atoms with van der Waals surface area (Å²) in [7, 11) is -3.52. The van der Waals surface area contributed by atoms with Gasteiger partial charge in [-0.15, -0.1) is 0 Å². The average molecular weight is 297 g/mol. The van der Waals surface area contributed by atoms with E-state index in [4.69, 9.17) is 5.11 Å². The van der Waals surface area contributed by atoms with Crippen molar-refractivity contribution in [2.75, 3.05) is 13.1 Å². The second kappa shape index (κ2) is 7.21. The molecule has 1 aromatic rings. The summed E-state index contributed by atoms with van der Waals surface area (Å²) >= 11 is 0.